The molecule has 2 aromatic rings. The number of amides is 2. The number of anilines is 1. The predicted molar refractivity (Wildman–Crippen MR) is 111 cm³/mol. The summed E-state index contributed by atoms with van der Waals surface area (Å²) in [5, 5.41) is 11.3. The van der Waals surface area contributed by atoms with Crippen LogP contribution in [0.4, 0.5) is 5.69 Å². The molecule has 28 heavy (non-hydrogen) atoms. The lowest BCUT2D eigenvalue weighted by molar-refractivity contribution is -0.119. The Morgan fingerprint density at radius 2 is 1.89 bits per heavy atom. The van der Waals surface area contributed by atoms with Gasteiger partial charge in [0.05, 0.1) is 11.7 Å². The molecule has 0 saturated heterocycles. The van der Waals surface area contributed by atoms with Crippen molar-refractivity contribution in [3.05, 3.63) is 52.7 Å². The van der Waals surface area contributed by atoms with E-state index in [4.69, 9.17) is 5.73 Å². The van der Waals surface area contributed by atoms with Crippen LogP contribution in [-0.4, -0.2) is 23.6 Å². The maximum absolute atomic E-state index is 13.0. The van der Waals surface area contributed by atoms with E-state index in [1.54, 1.807) is 16.3 Å². The van der Waals surface area contributed by atoms with Gasteiger partial charge in [-0.25, -0.2) is 0 Å². The molecule has 7 heteroatoms. The molecule has 0 unspecified atom stereocenters. The second kappa shape index (κ2) is 8.14. The number of hydrazone groups is 1. The molecule has 2 atom stereocenters. The number of rotatable bonds is 6. The van der Waals surface area contributed by atoms with Gasteiger partial charge in [-0.1, -0.05) is 37.1 Å². The van der Waals surface area contributed by atoms with Crippen LogP contribution in [0.15, 0.2) is 52.9 Å². The Kier molecular flexibility index (Phi) is 5.43. The number of para-hydroxylation sites is 1. The molecule has 3 N–H and O–H groups in total. The van der Waals surface area contributed by atoms with Crippen molar-refractivity contribution in [1.82, 2.24) is 5.32 Å². The topological polar surface area (TPSA) is 87.8 Å². The highest BCUT2D eigenvalue weighted by Crippen LogP contribution is 2.37. The third kappa shape index (κ3) is 3.80. The van der Waals surface area contributed by atoms with Gasteiger partial charge in [-0.3, -0.25) is 14.6 Å². The van der Waals surface area contributed by atoms with Gasteiger partial charge in [0, 0.05) is 11.3 Å². The molecule has 1 aromatic heterocycles. The molecule has 1 fully saturated rings. The molecule has 4 rings (SSSR count). The Bertz CT molecular complexity index is 860. The molecule has 2 amide bonds. The van der Waals surface area contributed by atoms with Crippen LogP contribution < -0.4 is 16.1 Å². The number of benzene rings is 1. The van der Waals surface area contributed by atoms with E-state index in [-0.39, 0.29) is 18.4 Å². The summed E-state index contributed by atoms with van der Waals surface area (Å²) in [5.41, 5.74) is 6.69. The summed E-state index contributed by atoms with van der Waals surface area (Å²) < 4.78 is 0. The Morgan fingerprint density at radius 1 is 1.14 bits per heavy atom. The van der Waals surface area contributed by atoms with Crippen LogP contribution in [0.2, 0.25) is 0 Å². The molecule has 0 bridgehead atoms. The SMILES string of the molecule is NC(=O)[C@H]1CC(C(=O)N[C@@H](c2cccs2)C2CCCC2)=NN1c1ccccc1. The first kappa shape index (κ1) is 18.7. The van der Waals surface area contributed by atoms with Gasteiger partial charge in [-0.15, -0.1) is 11.3 Å². The smallest absolute Gasteiger partial charge is 0.268 e. The van der Waals surface area contributed by atoms with Crippen LogP contribution in [0.5, 0.6) is 0 Å². The van der Waals surface area contributed by atoms with Crippen molar-refractivity contribution in [2.24, 2.45) is 16.8 Å². The number of hydrogen-bond acceptors (Lipinski definition) is 5. The van der Waals surface area contributed by atoms with Crippen molar-refractivity contribution in [2.75, 3.05) is 5.01 Å². The van der Waals surface area contributed by atoms with Crippen molar-refractivity contribution in [3.63, 3.8) is 0 Å². The van der Waals surface area contributed by atoms with E-state index >= 15 is 0 Å². The number of primary amides is 1. The quantitative estimate of drug-likeness (QED) is 0.786. The van der Waals surface area contributed by atoms with Crippen LogP contribution in [0.3, 0.4) is 0 Å². The highest BCUT2D eigenvalue weighted by molar-refractivity contribution is 7.10. The second-order valence-electron chi connectivity index (χ2n) is 7.36. The van der Waals surface area contributed by atoms with Gasteiger partial charge >= 0.3 is 0 Å². The maximum atomic E-state index is 13.0. The summed E-state index contributed by atoms with van der Waals surface area (Å²) in [6.07, 6.45) is 4.87. The minimum atomic E-state index is -0.644. The zero-order valence-electron chi connectivity index (χ0n) is 15.6. The number of thiophene rings is 1. The first-order chi connectivity index (χ1) is 13.6. The summed E-state index contributed by atoms with van der Waals surface area (Å²) in [6.45, 7) is 0. The number of carbonyl (C=O) groups excluding carboxylic acids is 2. The Hall–Kier alpha value is -2.67. The van der Waals surface area contributed by atoms with E-state index in [0.29, 0.717) is 11.6 Å². The van der Waals surface area contributed by atoms with Crippen molar-refractivity contribution < 1.29 is 9.59 Å². The summed E-state index contributed by atoms with van der Waals surface area (Å²) >= 11 is 1.67. The molecule has 2 heterocycles. The zero-order chi connectivity index (χ0) is 19.5. The normalized spacial score (nSPS) is 20.8. The lowest BCUT2D eigenvalue weighted by Crippen LogP contribution is -2.40. The van der Waals surface area contributed by atoms with Crippen LogP contribution in [-0.2, 0) is 9.59 Å². The standard InChI is InChI=1S/C21H24N4O2S/c22-20(26)17-13-16(24-25(17)15-9-2-1-3-10-15)21(27)23-19(14-7-4-5-8-14)18-11-6-12-28-18/h1-3,6,9-12,14,17,19H,4-5,7-8,13H2,(H2,22,26)(H,23,27)/t17-,19-/m1/s1. The van der Waals surface area contributed by atoms with Gasteiger partial charge in [0.25, 0.3) is 5.91 Å². The predicted octanol–water partition coefficient (Wildman–Crippen LogP) is 3.22. The number of nitrogens with one attached hydrogen (secondary N) is 1. The van der Waals surface area contributed by atoms with E-state index in [0.717, 1.165) is 18.5 Å². The van der Waals surface area contributed by atoms with Crippen molar-refractivity contribution >= 4 is 34.6 Å². The molecule has 146 valence electrons. The number of nitrogens with zero attached hydrogens (tertiary/aromatic N) is 2. The van der Waals surface area contributed by atoms with E-state index in [1.807, 2.05) is 41.8 Å². The van der Waals surface area contributed by atoms with E-state index in [9.17, 15) is 9.59 Å². The summed E-state index contributed by atoms with van der Waals surface area (Å²) in [5.74, 6) is -0.252. The van der Waals surface area contributed by atoms with Gasteiger partial charge in [0.2, 0.25) is 5.91 Å². The van der Waals surface area contributed by atoms with Gasteiger partial charge in [0.1, 0.15) is 11.8 Å². The van der Waals surface area contributed by atoms with E-state index < -0.39 is 11.9 Å². The summed E-state index contributed by atoms with van der Waals surface area (Å²) in [4.78, 5) is 26.2. The van der Waals surface area contributed by atoms with Gasteiger partial charge in [-0.05, 0) is 42.3 Å². The van der Waals surface area contributed by atoms with E-state index in [1.165, 1.54) is 17.7 Å². The van der Waals surface area contributed by atoms with Gasteiger partial charge in [-0.2, -0.15) is 5.10 Å². The number of carbonyl (C=O) groups is 2. The van der Waals surface area contributed by atoms with Crippen molar-refractivity contribution in [1.29, 1.82) is 0 Å². The molecule has 1 aromatic carbocycles. The molecule has 6 nitrogen and oxygen atoms in total. The second-order valence-corrected chi connectivity index (χ2v) is 8.34. The number of hydrogen-bond donors (Lipinski definition) is 2. The highest BCUT2D eigenvalue weighted by atomic mass is 32.1. The molecule has 1 aliphatic carbocycles. The number of nitrogens with two attached hydrogens (primary N) is 1. The molecule has 0 radical (unpaired) electrons. The van der Waals surface area contributed by atoms with Gasteiger partial charge < -0.3 is 11.1 Å². The third-order valence-electron chi connectivity index (χ3n) is 5.53. The summed E-state index contributed by atoms with van der Waals surface area (Å²) in [7, 11) is 0. The average Bonchev–Trinajstić information content (AvgIpc) is 3.48. The molecular weight excluding hydrogens is 372 g/mol. The summed E-state index contributed by atoms with van der Waals surface area (Å²) in [6, 6.07) is 12.8. The lowest BCUT2D eigenvalue weighted by Gasteiger charge is -2.23. The fraction of sp³-hybridized carbons (Fsp3) is 0.381. The van der Waals surface area contributed by atoms with Crippen LogP contribution in [0.1, 0.15) is 43.0 Å². The molecule has 0 spiro atoms. The molecule has 1 aliphatic heterocycles. The van der Waals surface area contributed by atoms with Crippen LogP contribution in [0.25, 0.3) is 0 Å². The van der Waals surface area contributed by atoms with Crippen LogP contribution >= 0.6 is 11.3 Å². The average molecular weight is 397 g/mol. The largest absolute Gasteiger partial charge is 0.368 e. The molecule has 1 saturated carbocycles. The zero-order valence-corrected chi connectivity index (χ0v) is 16.4. The van der Waals surface area contributed by atoms with Crippen molar-refractivity contribution in [2.45, 2.75) is 44.2 Å². The fourth-order valence-corrected chi connectivity index (χ4v) is 4.96. The van der Waals surface area contributed by atoms with E-state index in [2.05, 4.69) is 16.5 Å². The fourth-order valence-electron chi connectivity index (χ4n) is 4.09. The highest BCUT2D eigenvalue weighted by Gasteiger charge is 2.36. The van der Waals surface area contributed by atoms with Gasteiger partial charge in [0.15, 0.2) is 0 Å². The monoisotopic (exact) mass is 396 g/mol. The first-order valence-electron chi connectivity index (χ1n) is 9.69. The first-order valence-corrected chi connectivity index (χ1v) is 10.6. The lowest BCUT2D eigenvalue weighted by atomic mass is 9.96. The minimum Gasteiger partial charge on any atom is -0.368 e. The molecule has 2 aliphatic rings. The Labute approximate surface area is 168 Å². The maximum Gasteiger partial charge on any atom is 0.268 e. The van der Waals surface area contributed by atoms with Crippen LogP contribution in [0, 0.1) is 5.92 Å². The Morgan fingerprint density at radius 3 is 2.54 bits per heavy atom. The molecular formula is C21H24N4O2S. The third-order valence-corrected chi connectivity index (χ3v) is 6.48. The minimum absolute atomic E-state index is 0.00416. The van der Waals surface area contributed by atoms with Crippen molar-refractivity contribution in [3.8, 4) is 0 Å². The Balaban J connectivity index is 1.55.